The fourth-order valence-electron chi connectivity index (χ4n) is 4.36. The Hall–Kier alpha value is -3.74. The van der Waals surface area contributed by atoms with Crippen LogP contribution in [0.25, 0.3) is 0 Å². The number of halogens is 1. The molecule has 0 aromatic heterocycles. The van der Waals surface area contributed by atoms with E-state index in [1.165, 1.54) is 5.56 Å². The lowest BCUT2D eigenvalue weighted by molar-refractivity contribution is 0.0950. The third-order valence-corrected chi connectivity index (χ3v) is 8.06. The fourth-order valence-corrected chi connectivity index (χ4v) is 5.91. The van der Waals surface area contributed by atoms with E-state index in [4.69, 9.17) is 11.6 Å². The van der Waals surface area contributed by atoms with Gasteiger partial charge in [-0.2, -0.15) is 0 Å². The predicted molar refractivity (Wildman–Crippen MR) is 147 cm³/mol. The van der Waals surface area contributed by atoms with E-state index in [2.05, 4.69) is 17.4 Å². The van der Waals surface area contributed by atoms with E-state index in [9.17, 15) is 13.8 Å². The smallest absolute Gasteiger partial charge is 0.259 e. The molecule has 0 saturated carbocycles. The number of carbonyl (C=O) groups excluding carboxylic acids is 2. The summed E-state index contributed by atoms with van der Waals surface area (Å²) in [6.45, 7) is 2.73. The SMILES string of the molecule is Cc1ccc(CCNC(=O)c2ccc3c(c2)N(Cc2cccc(Cl)c2)C(=O)c2ccccc2S3=O)cc1. The van der Waals surface area contributed by atoms with Crippen molar-refractivity contribution < 1.29 is 13.8 Å². The molecule has 7 heteroatoms. The third kappa shape index (κ3) is 5.36. The van der Waals surface area contributed by atoms with Gasteiger partial charge in [-0.05, 0) is 66.9 Å². The Balaban J connectivity index is 1.47. The van der Waals surface area contributed by atoms with Gasteiger partial charge in [0.15, 0.2) is 0 Å². The summed E-state index contributed by atoms with van der Waals surface area (Å²) in [6, 6.07) is 27.4. The van der Waals surface area contributed by atoms with Gasteiger partial charge in [-0.1, -0.05) is 65.7 Å². The molecular weight excluding hydrogens is 504 g/mol. The topological polar surface area (TPSA) is 66.5 Å². The monoisotopic (exact) mass is 528 g/mol. The molecule has 1 aliphatic heterocycles. The van der Waals surface area contributed by atoms with Crippen LogP contribution in [-0.4, -0.2) is 22.6 Å². The molecule has 0 bridgehead atoms. The van der Waals surface area contributed by atoms with Crippen molar-refractivity contribution in [3.05, 3.63) is 124 Å². The lowest BCUT2D eigenvalue weighted by Gasteiger charge is -2.24. The van der Waals surface area contributed by atoms with E-state index >= 15 is 0 Å². The molecule has 0 saturated heterocycles. The van der Waals surface area contributed by atoms with Crippen LogP contribution >= 0.6 is 11.6 Å². The molecule has 0 fully saturated rings. The summed E-state index contributed by atoms with van der Waals surface area (Å²) in [5.41, 5.74) is 4.38. The van der Waals surface area contributed by atoms with Crippen molar-refractivity contribution in [2.24, 2.45) is 0 Å². The van der Waals surface area contributed by atoms with E-state index < -0.39 is 10.8 Å². The lowest BCUT2D eigenvalue weighted by atomic mass is 10.1. The summed E-state index contributed by atoms with van der Waals surface area (Å²) >= 11 is 6.20. The van der Waals surface area contributed by atoms with E-state index in [-0.39, 0.29) is 18.4 Å². The molecule has 2 amide bonds. The minimum absolute atomic E-state index is 0.219. The first-order valence-electron chi connectivity index (χ1n) is 12.0. The summed E-state index contributed by atoms with van der Waals surface area (Å²) in [5.74, 6) is -0.530. The number of nitrogens with zero attached hydrogens (tertiary/aromatic N) is 1. The van der Waals surface area contributed by atoms with Gasteiger partial charge in [0.2, 0.25) is 0 Å². The second-order valence-electron chi connectivity index (χ2n) is 8.96. The second-order valence-corrected chi connectivity index (χ2v) is 10.8. The average Bonchev–Trinajstić information content (AvgIpc) is 2.99. The molecule has 5 nitrogen and oxygen atoms in total. The minimum Gasteiger partial charge on any atom is -0.352 e. The Morgan fingerprint density at radius 1 is 0.892 bits per heavy atom. The molecule has 186 valence electrons. The van der Waals surface area contributed by atoms with E-state index in [1.807, 2.05) is 31.2 Å². The van der Waals surface area contributed by atoms with Crippen LogP contribution in [0.3, 0.4) is 0 Å². The van der Waals surface area contributed by atoms with Gasteiger partial charge in [0.05, 0.1) is 38.4 Å². The van der Waals surface area contributed by atoms with Gasteiger partial charge >= 0.3 is 0 Å². The predicted octanol–water partition coefficient (Wildman–Crippen LogP) is 5.95. The van der Waals surface area contributed by atoms with Gasteiger partial charge < -0.3 is 10.2 Å². The molecule has 37 heavy (non-hydrogen) atoms. The Bertz CT molecular complexity index is 1520. The minimum atomic E-state index is -1.59. The normalized spacial score (nSPS) is 14.5. The summed E-state index contributed by atoms with van der Waals surface area (Å²) in [6.07, 6.45) is 0.704. The Morgan fingerprint density at radius 2 is 1.68 bits per heavy atom. The number of benzene rings is 4. The van der Waals surface area contributed by atoms with E-state index in [0.29, 0.717) is 44.6 Å². The molecule has 1 unspecified atom stereocenters. The molecule has 1 atom stereocenters. The highest BCUT2D eigenvalue weighted by molar-refractivity contribution is 7.85. The van der Waals surface area contributed by atoms with Crippen LogP contribution in [0.15, 0.2) is 101 Å². The highest BCUT2D eigenvalue weighted by Crippen LogP contribution is 2.36. The molecule has 5 rings (SSSR count). The van der Waals surface area contributed by atoms with Crippen molar-refractivity contribution in [1.82, 2.24) is 5.32 Å². The first-order valence-corrected chi connectivity index (χ1v) is 13.5. The quantitative estimate of drug-likeness (QED) is 0.336. The average molecular weight is 529 g/mol. The number of aryl methyl sites for hydroxylation is 1. The fraction of sp³-hybridized carbons (Fsp3) is 0.133. The number of hydrogen-bond donors (Lipinski definition) is 1. The van der Waals surface area contributed by atoms with Crippen LogP contribution in [0, 0.1) is 6.92 Å². The number of fused-ring (bicyclic) bond motifs is 2. The van der Waals surface area contributed by atoms with Crippen molar-refractivity contribution in [2.45, 2.75) is 29.7 Å². The van der Waals surface area contributed by atoms with Crippen molar-refractivity contribution >= 4 is 39.9 Å². The maximum atomic E-state index is 13.7. The van der Waals surface area contributed by atoms with Gasteiger partial charge in [0.1, 0.15) is 0 Å². The standard InChI is InChI=1S/C30H25ClN2O3S/c1-20-9-11-21(12-10-20)15-16-32-29(34)23-13-14-28-26(18-23)33(19-22-5-4-6-24(31)17-22)30(35)25-7-2-3-8-27(25)37(28)36/h2-14,17-18H,15-16,19H2,1H3,(H,32,34). The largest absolute Gasteiger partial charge is 0.352 e. The van der Waals surface area contributed by atoms with Crippen molar-refractivity contribution in [3.63, 3.8) is 0 Å². The Labute approximate surface area is 223 Å². The van der Waals surface area contributed by atoms with Crippen molar-refractivity contribution in [1.29, 1.82) is 0 Å². The first-order chi connectivity index (χ1) is 17.9. The highest BCUT2D eigenvalue weighted by atomic mass is 35.5. The summed E-state index contributed by atoms with van der Waals surface area (Å²) < 4.78 is 13.6. The zero-order chi connectivity index (χ0) is 25.9. The lowest BCUT2D eigenvalue weighted by Crippen LogP contribution is -2.31. The molecule has 0 radical (unpaired) electrons. The van der Waals surface area contributed by atoms with Crippen LogP contribution in [0.2, 0.25) is 5.02 Å². The Kier molecular flexibility index (Phi) is 7.22. The van der Waals surface area contributed by atoms with E-state index in [0.717, 1.165) is 11.1 Å². The van der Waals surface area contributed by atoms with Crippen LogP contribution in [-0.2, 0) is 23.8 Å². The van der Waals surface area contributed by atoms with E-state index in [1.54, 1.807) is 59.5 Å². The number of hydrogen-bond acceptors (Lipinski definition) is 3. The molecule has 0 spiro atoms. The molecular formula is C30H25ClN2O3S. The van der Waals surface area contributed by atoms with Gasteiger partial charge in [-0.15, -0.1) is 0 Å². The van der Waals surface area contributed by atoms with Crippen LogP contribution in [0.5, 0.6) is 0 Å². The van der Waals surface area contributed by atoms with Crippen LogP contribution < -0.4 is 10.2 Å². The Morgan fingerprint density at radius 3 is 2.46 bits per heavy atom. The second kappa shape index (κ2) is 10.7. The summed E-state index contributed by atoms with van der Waals surface area (Å²) in [7, 11) is -1.59. The summed E-state index contributed by atoms with van der Waals surface area (Å²) in [4.78, 5) is 29.3. The number of rotatable bonds is 6. The third-order valence-electron chi connectivity index (χ3n) is 6.32. The number of nitrogens with one attached hydrogen (secondary N) is 1. The number of amides is 2. The maximum Gasteiger partial charge on any atom is 0.259 e. The molecule has 0 aliphatic carbocycles. The number of carbonyl (C=O) groups is 2. The van der Waals surface area contributed by atoms with Gasteiger partial charge in [-0.25, -0.2) is 4.21 Å². The van der Waals surface area contributed by atoms with Crippen molar-refractivity contribution in [3.8, 4) is 0 Å². The van der Waals surface area contributed by atoms with Gasteiger partial charge in [-0.3, -0.25) is 9.59 Å². The zero-order valence-electron chi connectivity index (χ0n) is 20.2. The van der Waals surface area contributed by atoms with Gasteiger partial charge in [0, 0.05) is 17.1 Å². The molecule has 1 heterocycles. The molecule has 4 aromatic carbocycles. The van der Waals surface area contributed by atoms with Crippen molar-refractivity contribution in [2.75, 3.05) is 11.4 Å². The molecule has 1 aliphatic rings. The highest BCUT2D eigenvalue weighted by Gasteiger charge is 2.31. The van der Waals surface area contributed by atoms with Gasteiger partial charge in [0.25, 0.3) is 11.8 Å². The zero-order valence-corrected chi connectivity index (χ0v) is 21.8. The number of anilines is 1. The van der Waals surface area contributed by atoms with Crippen LogP contribution in [0.1, 0.15) is 37.4 Å². The molecule has 1 N–H and O–H groups in total. The summed E-state index contributed by atoms with van der Waals surface area (Å²) in [5, 5.41) is 3.52. The van der Waals surface area contributed by atoms with Crippen LogP contribution in [0.4, 0.5) is 5.69 Å². The first kappa shape index (κ1) is 24.9. The molecule has 4 aromatic rings. The maximum absolute atomic E-state index is 13.7.